The van der Waals surface area contributed by atoms with E-state index in [1.54, 1.807) is 48.3 Å². The van der Waals surface area contributed by atoms with Gasteiger partial charge in [0.25, 0.3) is 11.8 Å². The lowest BCUT2D eigenvalue weighted by molar-refractivity contribution is 0.0956. The number of benzene rings is 3. The molecular weight excluding hydrogens is 441 g/mol. The summed E-state index contributed by atoms with van der Waals surface area (Å²) in [5.41, 5.74) is 4.29. The lowest BCUT2D eigenvalue weighted by Gasteiger charge is -2.10. The number of hydrogen-bond donors (Lipinski definition) is 2. The normalized spacial score (nSPS) is 10.8. The van der Waals surface area contributed by atoms with E-state index in [1.807, 2.05) is 30.5 Å². The van der Waals surface area contributed by atoms with Crippen LogP contribution in [0.3, 0.4) is 0 Å². The van der Waals surface area contributed by atoms with E-state index >= 15 is 0 Å². The largest absolute Gasteiger partial charge is 0.321 e. The molecule has 2 amide bonds. The van der Waals surface area contributed by atoms with Crippen molar-refractivity contribution in [3.8, 4) is 0 Å². The molecule has 3 aromatic carbocycles. The van der Waals surface area contributed by atoms with Crippen molar-refractivity contribution in [2.24, 2.45) is 5.10 Å². The van der Waals surface area contributed by atoms with Crippen LogP contribution in [0.5, 0.6) is 0 Å². The van der Waals surface area contributed by atoms with Crippen molar-refractivity contribution in [2.45, 2.75) is 4.90 Å². The summed E-state index contributed by atoms with van der Waals surface area (Å²) in [5, 5.41) is 7.35. The maximum atomic E-state index is 12.6. The zero-order valence-electron chi connectivity index (χ0n) is 15.9. The quantitative estimate of drug-likeness (QED) is 0.282. The van der Waals surface area contributed by atoms with E-state index in [0.717, 1.165) is 10.5 Å². The van der Waals surface area contributed by atoms with Gasteiger partial charge >= 0.3 is 0 Å². The van der Waals surface area contributed by atoms with Gasteiger partial charge in [-0.3, -0.25) is 9.59 Å². The molecule has 0 saturated carbocycles. The van der Waals surface area contributed by atoms with Crippen molar-refractivity contribution in [1.82, 2.24) is 5.43 Å². The first-order valence-corrected chi connectivity index (χ1v) is 10.8. The summed E-state index contributed by atoms with van der Waals surface area (Å²) in [7, 11) is 0. The van der Waals surface area contributed by atoms with Crippen molar-refractivity contribution in [3.63, 3.8) is 0 Å². The summed E-state index contributed by atoms with van der Waals surface area (Å²) in [6.45, 7) is 0. The van der Waals surface area contributed by atoms with Gasteiger partial charge < -0.3 is 5.32 Å². The first-order chi connectivity index (χ1) is 14.5. The van der Waals surface area contributed by atoms with Crippen molar-refractivity contribution in [1.29, 1.82) is 0 Å². The minimum Gasteiger partial charge on any atom is -0.321 e. The van der Waals surface area contributed by atoms with Gasteiger partial charge in [-0.05, 0) is 54.3 Å². The topological polar surface area (TPSA) is 70.6 Å². The fraction of sp³-hybridized carbons (Fsp3) is 0.0455. The fourth-order valence-electron chi connectivity index (χ4n) is 2.54. The molecule has 8 heteroatoms. The van der Waals surface area contributed by atoms with Gasteiger partial charge in [-0.1, -0.05) is 47.5 Å². The summed E-state index contributed by atoms with van der Waals surface area (Å²) in [5.74, 6) is -0.858. The number of nitrogens with one attached hydrogen (secondary N) is 2. The Hall–Kier alpha value is -2.80. The maximum Gasteiger partial charge on any atom is 0.273 e. The Bertz CT molecular complexity index is 1100. The molecule has 30 heavy (non-hydrogen) atoms. The summed E-state index contributed by atoms with van der Waals surface area (Å²) in [6, 6.07) is 19.0. The first kappa shape index (κ1) is 21.9. The minimum absolute atomic E-state index is 0.273. The smallest absolute Gasteiger partial charge is 0.273 e. The Morgan fingerprint density at radius 2 is 1.67 bits per heavy atom. The molecule has 2 N–H and O–H groups in total. The average molecular weight is 458 g/mol. The molecule has 0 bridgehead atoms. The molecule has 0 aliphatic heterocycles. The SMILES string of the molecule is CSc1ccc(/C=N/NC(=O)c2ccccc2NC(=O)c2ccc(Cl)c(Cl)c2)cc1. The highest BCUT2D eigenvalue weighted by atomic mass is 35.5. The van der Waals surface area contributed by atoms with E-state index in [4.69, 9.17) is 23.2 Å². The number of halogens is 2. The molecule has 3 rings (SSSR count). The van der Waals surface area contributed by atoms with E-state index in [2.05, 4.69) is 15.8 Å². The molecule has 3 aromatic rings. The zero-order chi connectivity index (χ0) is 21.5. The Labute approximate surface area is 188 Å². The molecule has 0 unspecified atom stereocenters. The highest BCUT2D eigenvalue weighted by Crippen LogP contribution is 2.23. The van der Waals surface area contributed by atoms with Gasteiger partial charge in [-0.2, -0.15) is 5.10 Å². The lowest BCUT2D eigenvalue weighted by Crippen LogP contribution is -2.21. The van der Waals surface area contributed by atoms with Crippen LogP contribution in [0, 0.1) is 0 Å². The zero-order valence-corrected chi connectivity index (χ0v) is 18.2. The van der Waals surface area contributed by atoms with Gasteiger partial charge in [0.05, 0.1) is 27.5 Å². The summed E-state index contributed by atoms with van der Waals surface area (Å²) in [4.78, 5) is 26.2. The predicted molar refractivity (Wildman–Crippen MR) is 124 cm³/mol. The minimum atomic E-state index is -0.447. The highest BCUT2D eigenvalue weighted by Gasteiger charge is 2.14. The summed E-state index contributed by atoms with van der Waals surface area (Å²) >= 11 is 13.5. The van der Waals surface area contributed by atoms with Gasteiger partial charge in [-0.25, -0.2) is 5.43 Å². The molecule has 152 valence electrons. The maximum absolute atomic E-state index is 12.6. The van der Waals surface area contributed by atoms with Gasteiger partial charge in [0.15, 0.2) is 0 Å². The van der Waals surface area contributed by atoms with Crippen LogP contribution >= 0.6 is 35.0 Å². The standard InChI is InChI=1S/C22H17Cl2N3O2S/c1-30-16-9-6-14(7-10-16)13-25-27-22(29)17-4-2-3-5-20(17)26-21(28)15-8-11-18(23)19(24)12-15/h2-13H,1H3,(H,26,28)(H,27,29)/b25-13+. The number of amides is 2. The third-order valence-corrected chi connectivity index (χ3v) is 5.58. The van der Waals surface area contributed by atoms with E-state index in [-0.39, 0.29) is 10.6 Å². The molecule has 0 fully saturated rings. The van der Waals surface area contributed by atoms with Crippen LogP contribution in [0.15, 0.2) is 76.7 Å². The number of carbonyl (C=O) groups excluding carboxylic acids is 2. The first-order valence-electron chi connectivity index (χ1n) is 8.81. The molecule has 0 spiro atoms. The van der Waals surface area contributed by atoms with Crippen molar-refractivity contribution < 1.29 is 9.59 Å². The number of rotatable bonds is 6. The molecule has 0 atom stereocenters. The number of hydrazone groups is 1. The van der Waals surface area contributed by atoms with Crippen molar-refractivity contribution in [3.05, 3.63) is 93.5 Å². The highest BCUT2D eigenvalue weighted by molar-refractivity contribution is 7.98. The monoisotopic (exact) mass is 457 g/mol. The number of carbonyl (C=O) groups is 2. The number of thioether (sulfide) groups is 1. The van der Waals surface area contributed by atoms with Crippen molar-refractivity contribution >= 4 is 58.7 Å². The third-order valence-electron chi connectivity index (χ3n) is 4.10. The second-order valence-electron chi connectivity index (χ2n) is 6.10. The van der Waals surface area contributed by atoms with Crippen LogP contribution in [0.25, 0.3) is 0 Å². The average Bonchev–Trinajstić information content (AvgIpc) is 2.76. The Morgan fingerprint density at radius 3 is 2.37 bits per heavy atom. The van der Waals surface area contributed by atoms with Gasteiger partial charge in [0.1, 0.15) is 0 Å². The van der Waals surface area contributed by atoms with Crippen LogP contribution < -0.4 is 10.7 Å². The van der Waals surface area contributed by atoms with E-state index < -0.39 is 11.8 Å². The van der Waals surface area contributed by atoms with Crippen LogP contribution in [-0.2, 0) is 0 Å². The summed E-state index contributed by atoms with van der Waals surface area (Å²) < 4.78 is 0. The number of hydrogen-bond acceptors (Lipinski definition) is 4. The number of nitrogens with zero attached hydrogens (tertiary/aromatic N) is 1. The Balaban J connectivity index is 1.70. The Kier molecular flexibility index (Phi) is 7.52. The number of anilines is 1. The second-order valence-corrected chi connectivity index (χ2v) is 7.79. The number of para-hydroxylation sites is 1. The fourth-order valence-corrected chi connectivity index (χ4v) is 3.24. The third kappa shape index (κ3) is 5.63. The second kappa shape index (κ2) is 10.3. The van der Waals surface area contributed by atoms with Crippen LogP contribution in [0.1, 0.15) is 26.3 Å². The predicted octanol–water partition coefficient (Wildman–Crippen LogP) is 5.73. The van der Waals surface area contributed by atoms with E-state index in [9.17, 15) is 9.59 Å². The van der Waals surface area contributed by atoms with Gasteiger partial charge in [0.2, 0.25) is 0 Å². The molecule has 0 aliphatic carbocycles. The van der Waals surface area contributed by atoms with E-state index in [0.29, 0.717) is 16.3 Å². The molecule has 0 saturated heterocycles. The van der Waals surface area contributed by atoms with Crippen LogP contribution in [0.2, 0.25) is 10.0 Å². The molecule has 0 aromatic heterocycles. The molecule has 5 nitrogen and oxygen atoms in total. The van der Waals surface area contributed by atoms with Crippen LogP contribution in [0.4, 0.5) is 5.69 Å². The molecular formula is C22H17Cl2N3O2S. The van der Waals surface area contributed by atoms with E-state index in [1.165, 1.54) is 12.1 Å². The lowest BCUT2D eigenvalue weighted by atomic mass is 10.1. The molecule has 0 aliphatic rings. The molecule has 0 heterocycles. The van der Waals surface area contributed by atoms with Crippen molar-refractivity contribution in [2.75, 3.05) is 11.6 Å². The van der Waals surface area contributed by atoms with Gasteiger partial charge in [0, 0.05) is 10.5 Å². The van der Waals surface area contributed by atoms with Crippen LogP contribution in [-0.4, -0.2) is 24.3 Å². The molecule has 0 radical (unpaired) electrons. The van der Waals surface area contributed by atoms with Gasteiger partial charge in [-0.15, -0.1) is 11.8 Å². The Morgan fingerprint density at radius 1 is 0.933 bits per heavy atom. The summed E-state index contributed by atoms with van der Waals surface area (Å²) in [6.07, 6.45) is 3.56.